The van der Waals surface area contributed by atoms with Crippen LogP contribution in [0.15, 0.2) is 65.6 Å². The Kier molecular flexibility index (Phi) is 6.66. The van der Waals surface area contributed by atoms with Crippen LogP contribution in [0.5, 0.6) is 5.75 Å². The van der Waals surface area contributed by atoms with Gasteiger partial charge in [-0.1, -0.05) is 62.4 Å². The molecule has 1 aliphatic carbocycles. The SMILES string of the molecule is O=C(O)c1cnn2c(=O)c(CCC3CCCCC3)c(-c3ccc(OCc4ccccc4)cc3)[nH]c12. The molecule has 0 bridgehead atoms. The monoisotopic (exact) mass is 471 g/mol. The standard InChI is InChI=1S/C28H29N3O4/c32-27-23(16-11-19-7-3-1-4-8-19)25(30-26-24(28(33)34)17-29-31(26)27)21-12-14-22(15-13-21)35-18-20-9-5-2-6-10-20/h2,5-6,9-10,12-15,17,19,30H,1,3-4,7-8,11,16,18H2,(H,33,34). The number of fused-ring (bicyclic) bond motifs is 1. The normalized spacial score (nSPS) is 14.3. The second-order valence-electron chi connectivity index (χ2n) is 9.25. The van der Waals surface area contributed by atoms with Crippen molar-refractivity contribution in [3.63, 3.8) is 0 Å². The van der Waals surface area contributed by atoms with Gasteiger partial charge in [0.1, 0.15) is 17.9 Å². The molecule has 0 aliphatic heterocycles. The predicted octanol–water partition coefficient (Wildman–Crippen LogP) is 5.48. The Labute approximate surface area is 203 Å². The van der Waals surface area contributed by atoms with Gasteiger partial charge >= 0.3 is 5.97 Å². The number of rotatable bonds is 8. The number of H-pyrrole nitrogens is 1. The third kappa shape index (κ3) is 4.99. The smallest absolute Gasteiger partial charge is 0.341 e. The van der Waals surface area contributed by atoms with E-state index in [4.69, 9.17) is 4.74 Å². The number of ether oxygens (including phenoxy) is 1. The highest BCUT2D eigenvalue weighted by Crippen LogP contribution is 2.30. The Hall–Kier alpha value is -3.87. The van der Waals surface area contributed by atoms with Crippen LogP contribution in [0.2, 0.25) is 0 Å². The van der Waals surface area contributed by atoms with Crippen molar-refractivity contribution in [1.82, 2.24) is 14.6 Å². The zero-order valence-corrected chi connectivity index (χ0v) is 19.6. The number of carboxylic acids is 1. The summed E-state index contributed by atoms with van der Waals surface area (Å²) in [6.45, 7) is 0.466. The van der Waals surface area contributed by atoms with Gasteiger partial charge in [0.05, 0.1) is 11.9 Å². The van der Waals surface area contributed by atoms with Gasteiger partial charge in [-0.15, -0.1) is 0 Å². The Morgan fingerprint density at radius 3 is 2.51 bits per heavy atom. The van der Waals surface area contributed by atoms with Crippen LogP contribution in [0.1, 0.15) is 60.0 Å². The highest BCUT2D eigenvalue weighted by Gasteiger charge is 2.21. The van der Waals surface area contributed by atoms with Gasteiger partial charge in [0.25, 0.3) is 5.56 Å². The Morgan fingerprint density at radius 2 is 1.80 bits per heavy atom. The predicted molar refractivity (Wildman–Crippen MR) is 134 cm³/mol. The van der Waals surface area contributed by atoms with Gasteiger partial charge < -0.3 is 14.8 Å². The van der Waals surface area contributed by atoms with E-state index < -0.39 is 5.97 Å². The molecule has 1 saturated carbocycles. The van der Waals surface area contributed by atoms with Gasteiger partial charge in [0.2, 0.25) is 0 Å². The number of benzene rings is 2. The molecule has 7 nitrogen and oxygen atoms in total. The molecule has 35 heavy (non-hydrogen) atoms. The first-order valence-corrected chi connectivity index (χ1v) is 12.2. The molecule has 1 aliphatic rings. The van der Waals surface area contributed by atoms with Crippen LogP contribution < -0.4 is 10.3 Å². The van der Waals surface area contributed by atoms with E-state index >= 15 is 0 Å². The topological polar surface area (TPSA) is 96.7 Å². The number of nitrogens with one attached hydrogen (secondary N) is 1. The Bertz CT molecular complexity index is 1370. The maximum Gasteiger partial charge on any atom is 0.341 e. The van der Waals surface area contributed by atoms with Crippen molar-refractivity contribution in [3.8, 4) is 17.0 Å². The highest BCUT2D eigenvalue weighted by atomic mass is 16.5. The first kappa shape index (κ1) is 22.9. The fourth-order valence-electron chi connectivity index (χ4n) is 4.97. The molecule has 2 N–H and O–H groups in total. The second-order valence-corrected chi connectivity index (χ2v) is 9.25. The lowest BCUT2D eigenvalue weighted by molar-refractivity contribution is 0.0698. The molecule has 0 spiro atoms. The van der Waals surface area contributed by atoms with Crippen molar-refractivity contribution in [2.75, 3.05) is 0 Å². The van der Waals surface area contributed by atoms with Crippen molar-refractivity contribution < 1.29 is 14.6 Å². The molecule has 0 unspecified atom stereocenters. The van der Waals surface area contributed by atoms with E-state index in [0.29, 0.717) is 30.2 Å². The Balaban J connectivity index is 1.47. The number of carboxylic acid groups (broad SMARTS) is 1. The van der Waals surface area contributed by atoms with Crippen molar-refractivity contribution in [1.29, 1.82) is 0 Å². The molecular weight excluding hydrogens is 442 g/mol. The highest BCUT2D eigenvalue weighted by molar-refractivity contribution is 5.94. The minimum atomic E-state index is -1.12. The molecule has 0 atom stereocenters. The third-order valence-electron chi connectivity index (χ3n) is 6.91. The number of aromatic carboxylic acids is 1. The zero-order chi connectivity index (χ0) is 24.2. The summed E-state index contributed by atoms with van der Waals surface area (Å²) in [5.74, 6) is 0.217. The maximum absolute atomic E-state index is 13.4. The lowest BCUT2D eigenvalue weighted by Crippen LogP contribution is -2.23. The fraction of sp³-hybridized carbons (Fsp3) is 0.321. The van der Waals surface area contributed by atoms with E-state index in [1.165, 1.54) is 42.8 Å². The number of carbonyl (C=O) groups is 1. The summed E-state index contributed by atoms with van der Waals surface area (Å²) in [6.07, 6.45) is 8.98. The molecule has 1 fully saturated rings. The summed E-state index contributed by atoms with van der Waals surface area (Å²) in [4.78, 5) is 28.3. The van der Waals surface area contributed by atoms with E-state index in [1.807, 2.05) is 54.6 Å². The molecule has 5 rings (SSSR count). The van der Waals surface area contributed by atoms with E-state index in [1.54, 1.807) is 0 Å². The maximum atomic E-state index is 13.4. The average molecular weight is 472 g/mol. The minimum absolute atomic E-state index is 0.0232. The molecule has 0 saturated heterocycles. The van der Waals surface area contributed by atoms with Crippen LogP contribution in [-0.2, 0) is 13.0 Å². The van der Waals surface area contributed by atoms with Crippen LogP contribution in [0.3, 0.4) is 0 Å². The Morgan fingerprint density at radius 1 is 1.06 bits per heavy atom. The van der Waals surface area contributed by atoms with Crippen molar-refractivity contribution >= 4 is 11.6 Å². The fourth-order valence-corrected chi connectivity index (χ4v) is 4.97. The van der Waals surface area contributed by atoms with E-state index in [0.717, 1.165) is 23.3 Å². The van der Waals surface area contributed by atoms with Gasteiger partial charge in [0.15, 0.2) is 5.65 Å². The molecule has 2 aromatic carbocycles. The quantitative estimate of drug-likeness (QED) is 0.355. The van der Waals surface area contributed by atoms with Crippen LogP contribution in [0.4, 0.5) is 0 Å². The first-order valence-electron chi connectivity index (χ1n) is 12.2. The number of aromatic nitrogens is 3. The largest absolute Gasteiger partial charge is 0.489 e. The summed E-state index contributed by atoms with van der Waals surface area (Å²) in [5.41, 5.74) is 3.10. The van der Waals surface area contributed by atoms with Crippen LogP contribution >= 0.6 is 0 Å². The number of nitrogens with zero attached hydrogens (tertiary/aromatic N) is 2. The van der Waals surface area contributed by atoms with E-state index in [-0.39, 0.29) is 16.8 Å². The molecular formula is C28H29N3O4. The zero-order valence-electron chi connectivity index (χ0n) is 19.6. The lowest BCUT2D eigenvalue weighted by atomic mass is 9.85. The van der Waals surface area contributed by atoms with Crippen molar-refractivity contribution in [2.24, 2.45) is 5.92 Å². The van der Waals surface area contributed by atoms with E-state index in [9.17, 15) is 14.7 Å². The van der Waals surface area contributed by atoms with Gasteiger partial charge in [-0.2, -0.15) is 9.61 Å². The number of aromatic amines is 1. The van der Waals surface area contributed by atoms with Crippen LogP contribution in [0, 0.1) is 5.92 Å². The summed E-state index contributed by atoms with van der Waals surface area (Å²) in [7, 11) is 0. The van der Waals surface area contributed by atoms with Gasteiger partial charge in [-0.3, -0.25) is 4.79 Å². The minimum Gasteiger partial charge on any atom is -0.489 e. The second kappa shape index (κ2) is 10.2. The van der Waals surface area contributed by atoms with Gasteiger partial charge in [-0.25, -0.2) is 4.79 Å². The first-order chi connectivity index (χ1) is 17.1. The number of hydrogen-bond donors (Lipinski definition) is 2. The van der Waals surface area contributed by atoms with E-state index in [2.05, 4.69) is 10.1 Å². The van der Waals surface area contributed by atoms with Crippen LogP contribution in [-0.4, -0.2) is 25.7 Å². The summed E-state index contributed by atoms with van der Waals surface area (Å²) in [5, 5.41) is 13.6. The van der Waals surface area contributed by atoms with Crippen molar-refractivity contribution in [3.05, 3.63) is 87.8 Å². The third-order valence-corrected chi connectivity index (χ3v) is 6.91. The molecule has 2 heterocycles. The average Bonchev–Trinajstić information content (AvgIpc) is 3.33. The van der Waals surface area contributed by atoms with Gasteiger partial charge in [0, 0.05) is 5.56 Å². The summed E-state index contributed by atoms with van der Waals surface area (Å²) in [6, 6.07) is 17.5. The number of hydrogen-bond acceptors (Lipinski definition) is 4. The van der Waals surface area contributed by atoms with Crippen molar-refractivity contribution in [2.45, 2.75) is 51.6 Å². The summed E-state index contributed by atoms with van der Waals surface area (Å²) >= 11 is 0. The van der Waals surface area contributed by atoms with Gasteiger partial charge in [-0.05, 0) is 54.2 Å². The lowest BCUT2D eigenvalue weighted by Gasteiger charge is -2.21. The summed E-state index contributed by atoms with van der Waals surface area (Å²) < 4.78 is 7.09. The molecule has 7 heteroatoms. The van der Waals surface area contributed by atoms with Crippen LogP contribution in [0.25, 0.3) is 16.9 Å². The molecule has 0 amide bonds. The molecule has 180 valence electrons. The molecule has 2 aromatic heterocycles. The molecule has 0 radical (unpaired) electrons. The molecule has 4 aromatic rings.